The van der Waals surface area contributed by atoms with Crippen molar-refractivity contribution in [1.29, 1.82) is 0 Å². The number of ether oxygens (including phenoxy) is 1. The molecule has 6 nitrogen and oxygen atoms in total. The number of fused-ring (bicyclic) bond motifs is 2. The molecule has 3 saturated heterocycles. The first-order valence-electron chi connectivity index (χ1n) is 7.48. The number of nitrogens with zero attached hydrogens (tertiary/aromatic N) is 3. The summed E-state index contributed by atoms with van der Waals surface area (Å²) in [5.74, 6) is 0.269. The molecule has 0 aromatic heterocycles. The lowest BCUT2D eigenvalue weighted by Crippen LogP contribution is -2.80. The average Bonchev–Trinajstić information content (AvgIpc) is 2.34. The minimum Gasteiger partial charge on any atom is -0.378 e. The van der Waals surface area contributed by atoms with Crippen LogP contribution in [0.3, 0.4) is 0 Å². The first kappa shape index (κ1) is 14.7. The van der Waals surface area contributed by atoms with Crippen molar-refractivity contribution >= 4 is 10.0 Å². The summed E-state index contributed by atoms with van der Waals surface area (Å²) in [6.45, 7) is 7.66. The standard InChI is InChI=1S/C13H25N3O3S/c1-3-6-20(17,18)15-10-13(11-15)9-14(2)7-12-8-19-5-4-16(12)13/h12H,3-11H2,1-2H3/t12-/m1/s1. The molecule has 1 spiro atoms. The van der Waals surface area contributed by atoms with Crippen molar-refractivity contribution in [1.82, 2.24) is 14.1 Å². The van der Waals surface area contributed by atoms with Gasteiger partial charge < -0.3 is 9.64 Å². The van der Waals surface area contributed by atoms with E-state index in [1.165, 1.54) is 0 Å². The van der Waals surface area contributed by atoms with Crippen LogP contribution in [0.25, 0.3) is 0 Å². The van der Waals surface area contributed by atoms with Crippen LogP contribution in [-0.4, -0.2) is 92.8 Å². The van der Waals surface area contributed by atoms with Crippen LogP contribution in [0.5, 0.6) is 0 Å². The number of hydrogen-bond acceptors (Lipinski definition) is 5. The van der Waals surface area contributed by atoms with Crippen molar-refractivity contribution in [2.75, 3.05) is 58.7 Å². The van der Waals surface area contributed by atoms with Gasteiger partial charge in [0.05, 0.1) is 24.5 Å². The maximum atomic E-state index is 12.1. The molecule has 0 aromatic rings. The van der Waals surface area contributed by atoms with Gasteiger partial charge in [0.1, 0.15) is 0 Å². The van der Waals surface area contributed by atoms with E-state index in [-0.39, 0.29) is 11.3 Å². The largest absolute Gasteiger partial charge is 0.378 e. The first-order valence-corrected chi connectivity index (χ1v) is 9.09. The van der Waals surface area contributed by atoms with E-state index >= 15 is 0 Å². The van der Waals surface area contributed by atoms with E-state index < -0.39 is 10.0 Å². The van der Waals surface area contributed by atoms with Crippen molar-refractivity contribution in [3.05, 3.63) is 0 Å². The van der Waals surface area contributed by atoms with Crippen LogP contribution in [0.4, 0.5) is 0 Å². The Hall–Kier alpha value is -0.210. The van der Waals surface area contributed by atoms with Gasteiger partial charge in [0.2, 0.25) is 10.0 Å². The molecular weight excluding hydrogens is 278 g/mol. The highest BCUT2D eigenvalue weighted by Crippen LogP contribution is 2.36. The molecule has 3 fully saturated rings. The Kier molecular flexibility index (Phi) is 3.83. The summed E-state index contributed by atoms with van der Waals surface area (Å²) in [4.78, 5) is 4.83. The van der Waals surface area contributed by atoms with Crippen molar-refractivity contribution < 1.29 is 13.2 Å². The van der Waals surface area contributed by atoms with Gasteiger partial charge >= 0.3 is 0 Å². The molecule has 0 aliphatic carbocycles. The van der Waals surface area contributed by atoms with Crippen LogP contribution in [0.1, 0.15) is 13.3 Å². The molecule has 3 heterocycles. The second-order valence-corrected chi connectivity index (χ2v) is 8.52. The SMILES string of the molecule is CCCS(=O)(=O)N1CC2(CN(C)C[C@@H]3COCCN32)C1. The van der Waals surface area contributed by atoms with E-state index in [0.717, 1.165) is 32.8 Å². The number of rotatable bonds is 3. The fourth-order valence-electron chi connectivity index (χ4n) is 3.92. The highest BCUT2D eigenvalue weighted by Gasteiger charge is 2.56. The molecule has 7 heteroatoms. The summed E-state index contributed by atoms with van der Waals surface area (Å²) >= 11 is 0. The molecule has 116 valence electrons. The summed E-state index contributed by atoms with van der Waals surface area (Å²) in [6.07, 6.45) is 0.686. The van der Waals surface area contributed by atoms with Crippen LogP contribution < -0.4 is 0 Å². The zero-order valence-electron chi connectivity index (χ0n) is 12.4. The quantitative estimate of drug-likeness (QED) is 0.699. The van der Waals surface area contributed by atoms with Gasteiger partial charge in [0, 0.05) is 38.8 Å². The van der Waals surface area contributed by atoms with E-state index in [2.05, 4.69) is 16.8 Å². The Morgan fingerprint density at radius 1 is 1.30 bits per heavy atom. The highest BCUT2D eigenvalue weighted by molar-refractivity contribution is 7.89. The smallest absolute Gasteiger partial charge is 0.214 e. The Morgan fingerprint density at radius 3 is 2.75 bits per heavy atom. The van der Waals surface area contributed by atoms with E-state index in [1.54, 1.807) is 4.31 Å². The lowest BCUT2D eigenvalue weighted by molar-refractivity contribution is -0.144. The molecule has 3 aliphatic heterocycles. The number of likely N-dealkylation sites (N-methyl/N-ethyl adjacent to an activating group) is 1. The lowest BCUT2D eigenvalue weighted by Gasteiger charge is -2.62. The summed E-state index contributed by atoms with van der Waals surface area (Å²) in [5, 5.41) is 0. The fraction of sp³-hybridized carbons (Fsp3) is 1.00. The molecule has 0 unspecified atom stereocenters. The van der Waals surface area contributed by atoms with Crippen molar-refractivity contribution in [3.63, 3.8) is 0 Å². The van der Waals surface area contributed by atoms with Gasteiger partial charge in [-0.15, -0.1) is 0 Å². The van der Waals surface area contributed by atoms with Gasteiger partial charge in [-0.2, -0.15) is 4.31 Å². The average molecular weight is 303 g/mol. The zero-order chi connectivity index (χ0) is 14.4. The lowest BCUT2D eigenvalue weighted by atomic mass is 9.85. The predicted octanol–water partition coefficient (Wildman–Crippen LogP) is -0.573. The maximum Gasteiger partial charge on any atom is 0.214 e. The van der Waals surface area contributed by atoms with E-state index in [1.807, 2.05) is 6.92 Å². The minimum atomic E-state index is -3.05. The first-order chi connectivity index (χ1) is 9.47. The molecule has 0 radical (unpaired) electrons. The molecule has 0 bridgehead atoms. The van der Waals surface area contributed by atoms with Gasteiger partial charge in [-0.1, -0.05) is 6.92 Å². The van der Waals surface area contributed by atoms with Gasteiger partial charge in [-0.25, -0.2) is 8.42 Å². The van der Waals surface area contributed by atoms with Gasteiger partial charge in [0.15, 0.2) is 0 Å². The summed E-state index contributed by atoms with van der Waals surface area (Å²) in [5.41, 5.74) is 0.0161. The minimum absolute atomic E-state index is 0.0161. The maximum absolute atomic E-state index is 12.1. The number of sulfonamides is 1. The fourth-order valence-corrected chi connectivity index (χ4v) is 5.57. The Labute approximate surface area is 121 Å². The Balaban J connectivity index is 1.73. The molecule has 20 heavy (non-hydrogen) atoms. The normalized spacial score (nSPS) is 32.0. The van der Waals surface area contributed by atoms with Crippen LogP contribution >= 0.6 is 0 Å². The number of morpholine rings is 1. The molecule has 3 rings (SSSR count). The number of hydrogen-bond donors (Lipinski definition) is 0. The van der Waals surface area contributed by atoms with Gasteiger partial charge in [-0.05, 0) is 13.5 Å². The van der Waals surface area contributed by atoms with Crippen molar-refractivity contribution in [2.24, 2.45) is 0 Å². The summed E-state index contributed by atoms with van der Waals surface area (Å²) in [7, 11) is -0.925. The summed E-state index contributed by atoms with van der Waals surface area (Å²) in [6, 6.07) is 0.415. The second kappa shape index (κ2) is 5.21. The molecule has 1 atom stereocenters. The summed E-state index contributed by atoms with van der Waals surface area (Å²) < 4.78 is 31.5. The zero-order valence-corrected chi connectivity index (χ0v) is 13.2. The van der Waals surface area contributed by atoms with Gasteiger partial charge in [-0.3, -0.25) is 4.90 Å². The Morgan fingerprint density at radius 2 is 2.05 bits per heavy atom. The van der Waals surface area contributed by atoms with Crippen LogP contribution in [0.2, 0.25) is 0 Å². The topological polar surface area (TPSA) is 53.1 Å². The van der Waals surface area contributed by atoms with Crippen LogP contribution in [-0.2, 0) is 14.8 Å². The van der Waals surface area contributed by atoms with Crippen molar-refractivity contribution in [2.45, 2.75) is 24.9 Å². The molecule has 0 amide bonds. The third-order valence-electron chi connectivity index (χ3n) is 4.72. The third-order valence-corrected chi connectivity index (χ3v) is 6.69. The third kappa shape index (κ3) is 2.39. The Bertz CT molecular complexity index is 461. The molecule has 0 N–H and O–H groups in total. The van der Waals surface area contributed by atoms with Crippen LogP contribution in [0, 0.1) is 0 Å². The van der Waals surface area contributed by atoms with Crippen LogP contribution in [0.15, 0.2) is 0 Å². The molecule has 0 aromatic carbocycles. The monoisotopic (exact) mass is 303 g/mol. The van der Waals surface area contributed by atoms with E-state index in [4.69, 9.17) is 4.74 Å². The second-order valence-electron chi connectivity index (χ2n) is 6.43. The van der Waals surface area contributed by atoms with Gasteiger partial charge in [0.25, 0.3) is 0 Å². The molecular formula is C13H25N3O3S. The van der Waals surface area contributed by atoms with Crippen molar-refractivity contribution in [3.8, 4) is 0 Å². The predicted molar refractivity (Wildman–Crippen MR) is 77.2 cm³/mol. The molecule has 0 saturated carbocycles. The number of piperazine rings is 1. The van der Waals surface area contributed by atoms with E-state index in [9.17, 15) is 8.42 Å². The molecule has 3 aliphatic rings. The highest BCUT2D eigenvalue weighted by atomic mass is 32.2. The van der Waals surface area contributed by atoms with E-state index in [0.29, 0.717) is 25.6 Å².